The van der Waals surface area contributed by atoms with Gasteiger partial charge in [-0.05, 0) is 66.9 Å². The largest absolute Gasteiger partial charge is 0.348 e. The fourth-order valence-electron chi connectivity index (χ4n) is 4.29. The topological polar surface area (TPSA) is 79.4 Å². The molecule has 1 aliphatic rings. The van der Waals surface area contributed by atoms with E-state index in [4.69, 9.17) is 0 Å². The van der Waals surface area contributed by atoms with E-state index in [0.29, 0.717) is 39.7 Å². The highest BCUT2D eigenvalue weighted by Crippen LogP contribution is 2.36. The molecular weight excluding hydrogens is 470 g/mol. The van der Waals surface area contributed by atoms with E-state index in [9.17, 15) is 13.8 Å². The average molecular weight is 496 g/mol. The number of nitrogens with zero attached hydrogens (tertiary/aromatic N) is 2. The van der Waals surface area contributed by atoms with Gasteiger partial charge in [0.1, 0.15) is 0 Å². The first-order valence-corrected chi connectivity index (χ1v) is 12.8. The molecule has 0 bridgehead atoms. The number of aromatic nitrogens is 1. The molecule has 2 heterocycles. The highest BCUT2D eigenvalue weighted by Gasteiger charge is 2.31. The quantitative estimate of drug-likeness (QED) is 0.425. The SMILES string of the molecule is Cc1ccc(C)c(CN2C(=O)c3ccccc3[S@](=O)c3ccc(C(=O)NCc4cccnc4)cc32)c1. The summed E-state index contributed by atoms with van der Waals surface area (Å²) in [7, 11) is -1.57. The summed E-state index contributed by atoms with van der Waals surface area (Å²) in [6, 6.07) is 21.8. The fraction of sp³-hybridized carbons (Fsp3) is 0.138. The highest BCUT2D eigenvalue weighted by atomic mass is 32.2. The molecule has 4 aromatic rings. The van der Waals surface area contributed by atoms with E-state index in [0.717, 1.165) is 22.3 Å². The molecule has 0 aliphatic carbocycles. The number of aryl methyl sites for hydroxylation is 2. The maximum absolute atomic E-state index is 13.8. The molecule has 0 fully saturated rings. The van der Waals surface area contributed by atoms with Crippen molar-refractivity contribution >= 4 is 28.3 Å². The van der Waals surface area contributed by atoms with Gasteiger partial charge < -0.3 is 10.2 Å². The first-order valence-electron chi connectivity index (χ1n) is 11.6. The number of nitrogens with one attached hydrogen (secondary N) is 1. The maximum atomic E-state index is 13.8. The molecule has 7 heteroatoms. The Bertz CT molecular complexity index is 1500. The molecule has 2 amide bonds. The number of fused-ring (bicyclic) bond motifs is 2. The summed E-state index contributed by atoms with van der Waals surface area (Å²) >= 11 is 0. The Hall–Kier alpha value is -4.10. The van der Waals surface area contributed by atoms with Crippen molar-refractivity contribution in [2.75, 3.05) is 4.90 Å². The molecule has 36 heavy (non-hydrogen) atoms. The molecule has 0 radical (unpaired) electrons. The van der Waals surface area contributed by atoms with Crippen LogP contribution in [0.4, 0.5) is 5.69 Å². The predicted octanol–water partition coefficient (Wildman–Crippen LogP) is 4.96. The second kappa shape index (κ2) is 9.87. The summed E-state index contributed by atoms with van der Waals surface area (Å²) in [5, 5.41) is 2.90. The van der Waals surface area contributed by atoms with Gasteiger partial charge in [0.25, 0.3) is 11.8 Å². The van der Waals surface area contributed by atoms with E-state index in [-0.39, 0.29) is 11.8 Å². The Morgan fingerprint density at radius 3 is 2.61 bits per heavy atom. The van der Waals surface area contributed by atoms with Gasteiger partial charge >= 0.3 is 0 Å². The molecule has 0 unspecified atom stereocenters. The number of carbonyl (C=O) groups is 2. The summed E-state index contributed by atoms with van der Waals surface area (Å²) in [6.07, 6.45) is 3.37. The van der Waals surface area contributed by atoms with Gasteiger partial charge in [0.05, 0.1) is 38.4 Å². The zero-order valence-electron chi connectivity index (χ0n) is 20.0. The number of hydrogen-bond acceptors (Lipinski definition) is 4. The summed E-state index contributed by atoms with van der Waals surface area (Å²) < 4.78 is 13.6. The van der Waals surface area contributed by atoms with Crippen molar-refractivity contribution in [1.82, 2.24) is 10.3 Å². The van der Waals surface area contributed by atoms with Crippen molar-refractivity contribution < 1.29 is 13.8 Å². The molecule has 1 atom stereocenters. The molecule has 0 saturated carbocycles. The van der Waals surface area contributed by atoms with Crippen LogP contribution in [0.5, 0.6) is 0 Å². The highest BCUT2D eigenvalue weighted by molar-refractivity contribution is 7.85. The van der Waals surface area contributed by atoms with Crippen molar-refractivity contribution in [2.45, 2.75) is 36.7 Å². The van der Waals surface area contributed by atoms with E-state index in [1.165, 1.54) is 0 Å². The Balaban J connectivity index is 1.57. The number of anilines is 1. The van der Waals surface area contributed by atoms with Crippen molar-refractivity contribution in [1.29, 1.82) is 0 Å². The van der Waals surface area contributed by atoms with E-state index < -0.39 is 10.8 Å². The van der Waals surface area contributed by atoms with Gasteiger partial charge in [-0.2, -0.15) is 0 Å². The summed E-state index contributed by atoms with van der Waals surface area (Å²) in [6.45, 7) is 4.64. The Morgan fingerprint density at radius 1 is 0.972 bits per heavy atom. The summed E-state index contributed by atoms with van der Waals surface area (Å²) in [5.41, 5.74) is 5.28. The molecule has 3 aromatic carbocycles. The van der Waals surface area contributed by atoms with E-state index >= 15 is 0 Å². The molecule has 6 nitrogen and oxygen atoms in total. The van der Waals surface area contributed by atoms with Crippen LogP contribution in [0.1, 0.15) is 43.0 Å². The van der Waals surface area contributed by atoms with Crippen LogP contribution in [0.3, 0.4) is 0 Å². The number of amides is 2. The maximum Gasteiger partial charge on any atom is 0.259 e. The number of rotatable bonds is 5. The molecule has 1 aromatic heterocycles. The molecule has 5 rings (SSSR count). The lowest BCUT2D eigenvalue weighted by Crippen LogP contribution is -2.31. The molecular formula is C29H25N3O3S. The lowest BCUT2D eigenvalue weighted by atomic mass is 10.0. The first kappa shape index (κ1) is 23.6. The van der Waals surface area contributed by atoms with Crippen LogP contribution in [-0.4, -0.2) is 21.0 Å². The van der Waals surface area contributed by atoms with Crippen molar-refractivity contribution in [2.24, 2.45) is 0 Å². The Morgan fingerprint density at radius 2 is 1.81 bits per heavy atom. The van der Waals surface area contributed by atoms with Crippen molar-refractivity contribution in [3.8, 4) is 0 Å². The number of carbonyl (C=O) groups excluding carboxylic acids is 2. The number of benzene rings is 3. The van der Waals surface area contributed by atoms with Gasteiger partial charge in [-0.15, -0.1) is 0 Å². The molecule has 1 N–H and O–H groups in total. The average Bonchev–Trinajstić information content (AvgIpc) is 2.99. The standard InChI is InChI=1S/C29H25N3O3S/c1-19-9-10-20(2)23(14-19)18-32-25-15-22(28(33)31-17-21-6-5-13-30-16-21)11-12-27(25)36(35)26-8-4-3-7-24(26)29(32)34/h3-16H,17-18H2,1-2H3,(H,31,33)/t36-/m0/s1. The Kier molecular flexibility index (Phi) is 6.48. The van der Waals surface area contributed by atoms with Crippen LogP contribution in [0.25, 0.3) is 0 Å². The van der Waals surface area contributed by atoms with Gasteiger partial charge in [-0.1, -0.05) is 42.0 Å². The van der Waals surface area contributed by atoms with E-state index in [1.54, 1.807) is 59.8 Å². The monoisotopic (exact) mass is 495 g/mol. The second-order valence-electron chi connectivity index (χ2n) is 8.81. The minimum Gasteiger partial charge on any atom is -0.348 e. The van der Waals surface area contributed by atoms with Crippen molar-refractivity contribution in [3.63, 3.8) is 0 Å². The lowest BCUT2D eigenvalue weighted by molar-refractivity contribution is 0.0947. The van der Waals surface area contributed by atoms with Gasteiger partial charge in [0, 0.05) is 24.5 Å². The third kappa shape index (κ3) is 4.57. The zero-order valence-corrected chi connectivity index (χ0v) is 20.8. The van der Waals surface area contributed by atoms with Crippen LogP contribution < -0.4 is 10.2 Å². The van der Waals surface area contributed by atoms with Crippen LogP contribution in [-0.2, 0) is 23.9 Å². The predicted molar refractivity (Wildman–Crippen MR) is 139 cm³/mol. The second-order valence-corrected chi connectivity index (χ2v) is 10.2. The normalized spacial score (nSPS) is 14.6. The minimum absolute atomic E-state index is 0.244. The third-order valence-corrected chi connectivity index (χ3v) is 7.78. The lowest BCUT2D eigenvalue weighted by Gasteiger charge is -2.24. The summed E-state index contributed by atoms with van der Waals surface area (Å²) in [4.78, 5) is 33.5. The smallest absolute Gasteiger partial charge is 0.259 e. The van der Waals surface area contributed by atoms with Crippen LogP contribution >= 0.6 is 0 Å². The van der Waals surface area contributed by atoms with Gasteiger partial charge in [0.15, 0.2) is 0 Å². The van der Waals surface area contributed by atoms with Crippen LogP contribution in [0.15, 0.2) is 95.0 Å². The van der Waals surface area contributed by atoms with Crippen LogP contribution in [0, 0.1) is 13.8 Å². The van der Waals surface area contributed by atoms with Crippen LogP contribution in [0.2, 0.25) is 0 Å². The van der Waals surface area contributed by atoms with Gasteiger partial charge in [0.2, 0.25) is 0 Å². The third-order valence-electron chi connectivity index (χ3n) is 6.28. The van der Waals surface area contributed by atoms with E-state index in [2.05, 4.69) is 16.4 Å². The first-order chi connectivity index (χ1) is 17.4. The fourth-order valence-corrected chi connectivity index (χ4v) is 5.63. The summed E-state index contributed by atoms with van der Waals surface area (Å²) in [5.74, 6) is -0.528. The van der Waals surface area contributed by atoms with E-state index in [1.807, 2.05) is 38.1 Å². The van der Waals surface area contributed by atoms with Crippen molar-refractivity contribution in [3.05, 3.63) is 119 Å². The molecule has 180 valence electrons. The molecule has 0 spiro atoms. The van der Waals surface area contributed by atoms with Gasteiger partial charge in [-0.25, -0.2) is 4.21 Å². The Labute approximate surface area is 212 Å². The number of pyridine rings is 1. The number of hydrogen-bond donors (Lipinski definition) is 1. The van der Waals surface area contributed by atoms with Gasteiger partial charge in [-0.3, -0.25) is 14.6 Å². The minimum atomic E-state index is -1.57. The zero-order chi connectivity index (χ0) is 25.2. The molecule has 0 saturated heterocycles. The molecule has 1 aliphatic heterocycles.